The molecule has 2 N–H and O–H groups in total. The van der Waals surface area contributed by atoms with Crippen LogP contribution in [0, 0.1) is 0 Å². The zero-order chi connectivity index (χ0) is 19.5. The Labute approximate surface area is 156 Å². The Bertz CT molecular complexity index is 585. The van der Waals surface area contributed by atoms with Crippen LogP contribution in [0.15, 0.2) is 18.2 Å². The molecule has 1 aromatic carbocycles. The van der Waals surface area contributed by atoms with Crippen molar-refractivity contribution in [3.8, 4) is 0 Å². The van der Waals surface area contributed by atoms with Crippen LogP contribution in [0.5, 0.6) is 0 Å². The smallest absolute Gasteiger partial charge is 0.341 e. The summed E-state index contributed by atoms with van der Waals surface area (Å²) < 4.78 is 10.8. The summed E-state index contributed by atoms with van der Waals surface area (Å²) in [5.41, 5.74) is 6.39. The molecule has 0 fully saturated rings. The first-order valence-electron chi connectivity index (χ1n) is 9.43. The quantitative estimate of drug-likeness (QED) is 0.478. The highest BCUT2D eigenvalue weighted by Gasteiger charge is 2.23. The summed E-state index contributed by atoms with van der Waals surface area (Å²) in [5, 5.41) is 0. The van der Waals surface area contributed by atoms with E-state index in [9.17, 15) is 9.59 Å². The Kier molecular flexibility index (Phi) is 9.73. The van der Waals surface area contributed by atoms with Gasteiger partial charge in [0.2, 0.25) is 0 Å². The normalized spacial score (nSPS) is 12.0. The van der Waals surface area contributed by atoms with E-state index in [-0.39, 0.29) is 29.5 Å². The number of carbonyl (C=O) groups excluding carboxylic acids is 2. The standard InChI is InChI=1S/C20H32N2O4/c1-5-8-10-15(4)26-19(23)16-11-9-12-17(21)18(16)20(24)25-14-13-22(6-2)7-3/h9,11-12,15H,5-8,10,13-14,21H2,1-4H3. The van der Waals surface area contributed by atoms with Crippen molar-refractivity contribution in [3.63, 3.8) is 0 Å². The molecule has 6 heteroatoms. The van der Waals surface area contributed by atoms with Gasteiger partial charge >= 0.3 is 11.9 Å². The number of rotatable bonds is 11. The van der Waals surface area contributed by atoms with Crippen molar-refractivity contribution >= 4 is 17.6 Å². The number of likely N-dealkylation sites (N-methyl/N-ethyl adjacent to an activating group) is 1. The van der Waals surface area contributed by atoms with Crippen molar-refractivity contribution in [2.75, 3.05) is 32.0 Å². The zero-order valence-electron chi connectivity index (χ0n) is 16.4. The van der Waals surface area contributed by atoms with Gasteiger partial charge in [-0.15, -0.1) is 0 Å². The number of anilines is 1. The predicted octanol–water partition coefficient (Wildman–Crippen LogP) is 3.50. The van der Waals surface area contributed by atoms with E-state index in [1.807, 2.05) is 20.8 Å². The Balaban J connectivity index is 2.81. The second-order valence-electron chi connectivity index (χ2n) is 6.29. The number of nitrogens with zero attached hydrogens (tertiary/aromatic N) is 1. The molecule has 0 bridgehead atoms. The number of ether oxygens (including phenoxy) is 2. The minimum absolute atomic E-state index is 0.0831. The molecule has 0 saturated carbocycles. The number of benzene rings is 1. The molecule has 0 aliphatic carbocycles. The maximum atomic E-state index is 12.5. The lowest BCUT2D eigenvalue weighted by atomic mass is 10.1. The number of hydrogen-bond acceptors (Lipinski definition) is 6. The summed E-state index contributed by atoms with van der Waals surface area (Å²) in [6.07, 6.45) is 2.58. The second-order valence-corrected chi connectivity index (χ2v) is 6.29. The third-order valence-corrected chi connectivity index (χ3v) is 4.33. The molecular formula is C20H32N2O4. The molecule has 0 spiro atoms. The summed E-state index contributed by atoms with van der Waals surface area (Å²) in [4.78, 5) is 27.1. The highest BCUT2D eigenvalue weighted by Crippen LogP contribution is 2.20. The molecule has 0 radical (unpaired) electrons. The van der Waals surface area contributed by atoms with Gasteiger partial charge in [0.1, 0.15) is 6.61 Å². The van der Waals surface area contributed by atoms with Crippen LogP contribution in [0.4, 0.5) is 5.69 Å². The van der Waals surface area contributed by atoms with E-state index < -0.39 is 11.9 Å². The van der Waals surface area contributed by atoms with Crippen LogP contribution in [-0.2, 0) is 9.47 Å². The number of unbranched alkanes of at least 4 members (excludes halogenated alkanes) is 1. The monoisotopic (exact) mass is 364 g/mol. The molecule has 6 nitrogen and oxygen atoms in total. The number of hydrogen-bond donors (Lipinski definition) is 1. The lowest BCUT2D eigenvalue weighted by Gasteiger charge is -2.18. The van der Waals surface area contributed by atoms with Gasteiger partial charge in [-0.05, 0) is 38.6 Å². The maximum Gasteiger partial charge on any atom is 0.341 e. The van der Waals surface area contributed by atoms with Crippen LogP contribution in [-0.4, -0.2) is 49.2 Å². The fourth-order valence-electron chi connectivity index (χ4n) is 2.64. The minimum atomic E-state index is -0.594. The first-order valence-corrected chi connectivity index (χ1v) is 9.43. The first-order chi connectivity index (χ1) is 12.4. The van der Waals surface area contributed by atoms with E-state index in [4.69, 9.17) is 15.2 Å². The molecule has 0 saturated heterocycles. The van der Waals surface area contributed by atoms with Crippen molar-refractivity contribution in [2.24, 2.45) is 0 Å². The van der Waals surface area contributed by atoms with E-state index in [2.05, 4.69) is 11.8 Å². The van der Waals surface area contributed by atoms with Gasteiger partial charge in [-0.3, -0.25) is 0 Å². The average molecular weight is 364 g/mol. The summed E-state index contributed by atoms with van der Waals surface area (Å²) in [6, 6.07) is 4.76. The van der Waals surface area contributed by atoms with Crippen molar-refractivity contribution in [1.29, 1.82) is 0 Å². The van der Waals surface area contributed by atoms with E-state index in [0.717, 1.165) is 32.4 Å². The summed E-state index contributed by atoms with van der Waals surface area (Å²) in [5.74, 6) is -1.14. The topological polar surface area (TPSA) is 81.9 Å². The van der Waals surface area contributed by atoms with Crippen molar-refractivity contribution in [2.45, 2.75) is 53.1 Å². The summed E-state index contributed by atoms with van der Waals surface area (Å²) in [6.45, 7) is 10.7. The van der Waals surface area contributed by atoms with E-state index in [1.54, 1.807) is 18.2 Å². The Hall–Kier alpha value is -2.08. The molecule has 1 unspecified atom stereocenters. The maximum absolute atomic E-state index is 12.5. The fraction of sp³-hybridized carbons (Fsp3) is 0.600. The molecule has 26 heavy (non-hydrogen) atoms. The van der Waals surface area contributed by atoms with Crippen LogP contribution in [0.25, 0.3) is 0 Å². The van der Waals surface area contributed by atoms with Crippen LogP contribution in [0.3, 0.4) is 0 Å². The Morgan fingerprint density at radius 1 is 1.15 bits per heavy atom. The Morgan fingerprint density at radius 3 is 2.46 bits per heavy atom. The minimum Gasteiger partial charge on any atom is -0.461 e. The molecule has 1 atom stereocenters. The lowest BCUT2D eigenvalue weighted by molar-refractivity contribution is 0.0306. The third-order valence-electron chi connectivity index (χ3n) is 4.33. The van der Waals surface area contributed by atoms with E-state index in [0.29, 0.717) is 6.54 Å². The molecule has 1 rings (SSSR count). The van der Waals surface area contributed by atoms with Gasteiger partial charge in [-0.2, -0.15) is 0 Å². The second kappa shape index (κ2) is 11.5. The predicted molar refractivity (Wildman–Crippen MR) is 103 cm³/mol. The number of nitrogen functional groups attached to an aromatic ring is 1. The SMILES string of the molecule is CCCCC(C)OC(=O)c1cccc(N)c1C(=O)OCCN(CC)CC. The number of carbonyl (C=O) groups is 2. The van der Waals surface area contributed by atoms with Gasteiger partial charge < -0.3 is 20.1 Å². The van der Waals surface area contributed by atoms with Gasteiger partial charge in [0, 0.05) is 12.2 Å². The van der Waals surface area contributed by atoms with Crippen molar-refractivity contribution < 1.29 is 19.1 Å². The van der Waals surface area contributed by atoms with Crippen LogP contribution >= 0.6 is 0 Å². The lowest BCUT2D eigenvalue weighted by Crippen LogP contribution is -2.28. The summed E-state index contributed by atoms with van der Waals surface area (Å²) in [7, 11) is 0. The van der Waals surface area contributed by atoms with Gasteiger partial charge in [0.05, 0.1) is 17.2 Å². The van der Waals surface area contributed by atoms with Gasteiger partial charge in [0.25, 0.3) is 0 Å². The molecule has 0 aromatic heterocycles. The Morgan fingerprint density at radius 2 is 1.85 bits per heavy atom. The molecule has 146 valence electrons. The fourth-order valence-corrected chi connectivity index (χ4v) is 2.64. The first kappa shape index (κ1) is 22.0. The molecular weight excluding hydrogens is 332 g/mol. The van der Waals surface area contributed by atoms with Gasteiger partial charge in [-0.25, -0.2) is 9.59 Å². The van der Waals surface area contributed by atoms with E-state index >= 15 is 0 Å². The molecule has 0 heterocycles. The van der Waals surface area contributed by atoms with Crippen LogP contribution in [0.2, 0.25) is 0 Å². The molecule has 0 amide bonds. The van der Waals surface area contributed by atoms with Crippen molar-refractivity contribution in [3.05, 3.63) is 29.3 Å². The highest BCUT2D eigenvalue weighted by atomic mass is 16.5. The van der Waals surface area contributed by atoms with E-state index in [1.165, 1.54) is 0 Å². The third kappa shape index (κ3) is 6.67. The number of nitrogens with two attached hydrogens (primary N) is 1. The van der Waals surface area contributed by atoms with Crippen LogP contribution < -0.4 is 5.73 Å². The van der Waals surface area contributed by atoms with Gasteiger partial charge in [-0.1, -0.05) is 39.7 Å². The molecule has 0 aliphatic rings. The largest absolute Gasteiger partial charge is 0.461 e. The van der Waals surface area contributed by atoms with Crippen molar-refractivity contribution in [1.82, 2.24) is 4.90 Å². The highest BCUT2D eigenvalue weighted by molar-refractivity contribution is 6.06. The summed E-state index contributed by atoms with van der Waals surface area (Å²) >= 11 is 0. The number of esters is 2. The molecule has 0 aliphatic heterocycles. The zero-order valence-corrected chi connectivity index (χ0v) is 16.4. The van der Waals surface area contributed by atoms with Gasteiger partial charge in [0.15, 0.2) is 0 Å². The molecule has 1 aromatic rings. The average Bonchev–Trinajstić information content (AvgIpc) is 2.63. The van der Waals surface area contributed by atoms with Crippen LogP contribution in [0.1, 0.15) is 67.7 Å².